The van der Waals surface area contributed by atoms with E-state index in [9.17, 15) is 0 Å². The number of aliphatic hydroxyl groups is 1. The number of aryl methyl sites for hydroxylation is 1. The maximum Gasteiger partial charge on any atom is 0.0489 e. The van der Waals surface area contributed by atoms with Crippen LogP contribution in [0.2, 0.25) is 0 Å². The van der Waals surface area contributed by atoms with Crippen LogP contribution in [0.3, 0.4) is 0 Å². The maximum absolute atomic E-state index is 9.03. The fraction of sp³-hybridized carbons (Fsp3) is 0.700. The Kier molecular flexibility index (Phi) is 3.48. The summed E-state index contributed by atoms with van der Waals surface area (Å²) in [6.45, 7) is 5.36. The van der Waals surface area contributed by atoms with Crippen LogP contribution >= 0.6 is 0 Å². The van der Waals surface area contributed by atoms with Crippen LogP contribution in [0.4, 0.5) is 0 Å². The van der Waals surface area contributed by atoms with Gasteiger partial charge in [0.15, 0.2) is 0 Å². The number of rotatable bonds is 5. The quantitative estimate of drug-likeness (QED) is 0.752. The highest BCUT2D eigenvalue weighted by molar-refractivity contribution is 4.77. The summed E-state index contributed by atoms with van der Waals surface area (Å²) in [5.74, 6) is 0. The fourth-order valence-corrected chi connectivity index (χ4v) is 1.23. The third-order valence-corrected chi connectivity index (χ3v) is 2.23. The molecule has 0 aliphatic carbocycles. The van der Waals surface area contributed by atoms with Gasteiger partial charge in [0.05, 0.1) is 0 Å². The first-order chi connectivity index (χ1) is 6.14. The minimum absolute atomic E-state index is 0.0488. The fourth-order valence-electron chi connectivity index (χ4n) is 1.23. The molecule has 3 nitrogen and oxygen atoms in total. The topological polar surface area (TPSA) is 38.0 Å². The molecule has 0 radical (unpaired) electrons. The lowest BCUT2D eigenvalue weighted by Crippen LogP contribution is -2.17. The van der Waals surface area contributed by atoms with Crippen molar-refractivity contribution < 1.29 is 5.11 Å². The van der Waals surface area contributed by atoms with Crippen molar-refractivity contribution in [2.45, 2.75) is 33.2 Å². The van der Waals surface area contributed by atoms with Gasteiger partial charge in [0.1, 0.15) is 0 Å². The highest BCUT2D eigenvalue weighted by Crippen LogP contribution is 2.21. The second-order valence-electron chi connectivity index (χ2n) is 4.20. The monoisotopic (exact) mass is 182 g/mol. The molecule has 1 aromatic heterocycles. The van der Waals surface area contributed by atoms with Crippen molar-refractivity contribution in [3.63, 3.8) is 0 Å². The maximum atomic E-state index is 9.03. The van der Waals surface area contributed by atoms with E-state index >= 15 is 0 Å². The molecule has 0 saturated heterocycles. The molecule has 1 aromatic rings. The molecule has 0 aromatic carbocycles. The normalized spacial score (nSPS) is 11.9. The highest BCUT2D eigenvalue weighted by atomic mass is 16.3. The second-order valence-corrected chi connectivity index (χ2v) is 4.20. The van der Waals surface area contributed by atoms with E-state index in [0.29, 0.717) is 0 Å². The van der Waals surface area contributed by atoms with Crippen molar-refractivity contribution in [2.24, 2.45) is 5.41 Å². The van der Waals surface area contributed by atoms with E-state index in [4.69, 9.17) is 5.11 Å². The van der Waals surface area contributed by atoms with Crippen molar-refractivity contribution >= 4 is 0 Å². The third-order valence-electron chi connectivity index (χ3n) is 2.23. The first kappa shape index (κ1) is 10.3. The van der Waals surface area contributed by atoms with Crippen molar-refractivity contribution in [1.29, 1.82) is 0 Å². The SMILES string of the molecule is CC(C)(CO)CCCn1cccn1. The predicted octanol–water partition coefficient (Wildman–Crippen LogP) is 1.68. The third kappa shape index (κ3) is 3.59. The molecule has 0 aliphatic heterocycles. The van der Waals surface area contributed by atoms with E-state index in [0.717, 1.165) is 19.4 Å². The van der Waals surface area contributed by atoms with E-state index < -0.39 is 0 Å². The lowest BCUT2D eigenvalue weighted by Gasteiger charge is -2.20. The van der Waals surface area contributed by atoms with E-state index in [1.807, 2.05) is 16.9 Å². The first-order valence-electron chi connectivity index (χ1n) is 4.72. The van der Waals surface area contributed by atoms with Gasteiger partial charge in [0.25, 0.3) is 0 Å². The molecule has 0 amide bonds. The zero-order valence-electron chi connectivity index (χ0n) is 8.40. The van der Waals surface area contributed by atoms with Crippen LogP contribution in [0.1, 0.15) is 26.7 Å². The van der Waals surface area contributed by atoms with Gasteiger partial charge in [-0.05, 0) is 24.3 Å². The number of nitrogens with zero attached hydrogens (tertiary/aromatic N) is 2. The zero-order valence-corrected chi connectivity index (χ0v) is 8.40. The number of aliphatic hydroxyl groups excluding tert-OH is 1. The summed E-state index contributed by atoms with van der Waals surface area (Å²) in [5.41, 5.74) is 0.0488. The van der Waals surface area contributed by atoms with E-state index in [-0.39, 0.29) is 12.0 Å². The summed E-state index contributed by atoms with van der Waals surface area (Å²) in [4.78, 5) is 0. The smallest absolute Gasteiger partial charge is 0.0489 e. The molecule has 1 N–H and O–H groups in total. The van der Waals surface area contributed by atoms with Crippen molar-refractivity contribution in [3.05, 3.63) is 18.5 Å². The van der Waals surface area contributed by atoms with Crippen molar-refractivity contribution in [3.8, 4) is 0 Å². The Labute approximate surface area is 79.4 Å². The van der Waals surface area contributed by atoms with Gasteiger partial charge >= 0.3 is 0 Å². The molecular formula is C10H18N2O. The molecule has 0 fully saturated rings. The Morgan fingerprint density at radius 3 is 2.77 bits per heavy atom. The molecule has 1 rings (SSSR count). The van der Waals surface area contributed by atoms with E-state index in [2.05, 4.69) is 18.9 Å². The minimum Gasteiger partial charge on any atom is -0.396 e. The summed E-state index contributed by atoms with van der Waals surface area (Å²) in [7, 11) is 0. The van der Waals surface area contributed by atoms with Crippen LogP contribution in [0.15, 0.2) is 18.5 Å². The summed E-state index contributed by atoms with van der Waals surface area (Å²) in [6.07, 6.45) is 5.85. The molecule has 1 heterocycles. The van der Waals surface area contributed by atoms with Crippen molar-refractivity contribution in [1.82, 2.24) is 9.78 Å². The summed E-state index contributed by atoms with van der Waals surface area (Å²) < 4.78 is 1.92. The van der Waals surface area contributed by atoms with Gasteiger partial charge in [0, 0.05) is 25.5 Å². The number of hydrogen-bond acceptors (Lipinski definition) is 2. The highest BCUT2D eigenvalue weighted by Gasteiger charge is 2.15. The van der Waals surface area contributed by atoms with Gasteiger partial charge in [-0.2, -0.15) is 5.10 Å². The zero-order chi connectivity index (χ0) is 9.73. The van der Waals surface area contributed by atoms with Gasteiger partial charge in [-0.25, -0.2) is 0 Å². The Balaban J connectivity index is 2.21. The largest absolute Gasteiger partial charge is 0.396 e. The lowest BCUT2D eigenvalue weighted by atomic mass is 9.89. The lowest BCUT2D eigenvalue weighted by molar-refractivity contribution is 0.146. The Morgan fingerprint density at radius 1 is 1.46 bits per heavy atom. The summed E-state index contributed by atoms with van der Waals surface area (Å²) in [5, 5.41) is 13.1. The van der Waals surface area contributed by atoms with E-state index in [1.165, 1.54) is 0 Å². The minimum atomic E-state index is 0.0488. The second kappa shape index (κ2) is 4.42. The van der Waals surface area contributed by atoms with Gasteiger partial charge in [-0.15, -0.1) is 0 Å². The summed E-state index contributed by atoms with van der Waals surface area (Å²) >= 11 is 0. The van der Waals surface area contributed by atoms with Crippen LogP contribution in [-0.4, -0.2) is 21.5 Å². The molecule has 0 atom stereocenters. The van der Waals surface area contributed by atoms with Crippen LogP contribution < -0.4 is 0 Å². The molecule has 0 aliphatic rings. The van der Waals surface area contributed by atoms with Gasteiger partial charge in [-0.1, -0.05) is 13.8 Å². The molecule has 3 heteroatoms. The number of aromatic nitrogens is 2. The average Bonchev–Trinajstić information content (AvgIpc) is 2.57. The van der Waals surface area contributed by atoms with Crippen molar-refractivity contribution in [2.75, 3.05) is 6.61 Å². The number of hydrogen-bond donors (Lipinski definition) is 1. The van der Waals surface area contributed by atoms with Gasteiger partial charge in [0.2, 0.25) is 0 Å². The molecule has 0 bridgehead atoms. The predicted molar refractivity (Wildman–Crippen MR) is 52.3 cm³/mol. The van der Waals surface area contributed by atoms with Crippen LogP contribution in [0.5, 0.6) is 0 Å². The molecule has 0 unspecified atom stereocenters. The molecule has 74 valence electrons. The molecule has 0 spiro atoms. The van der Waals surface area contributed by atoms with Crippen LogP contribution in [-0.2, 0) is 6.54 Å². The standard InChI is InChI=1S/C10H18N2O/c1-10(2,9-13)5-3-7-12-8-4-6-11-12/h4,6,8,13H,3,5,7,9H2,1-2H3. The van der Waals surface area contributed by atoms with Crippen LogP contribution in [0, 0.1) is 5.41 Å². The Hall–Kier alpha value is -0.830. The van der Waals surface area contributed by atoms with Gasteiger partial charge in [-0.3, -0.25) is 4.68 Å². The first-order valence-corrected chi connectivity index (χ1v) is 4.72. The Bertz CT molecular complexity index is 229. The Morgan fingerprint density at radius 2 is 2.23 bits per heavy atom. The van der Waals surface area contributed by atoms with Crippen LogP contribution in [0.25, 0.3) is 0 Å². The molecule has 0 saturated carbocycles. The van der Waals surface area contributed by atoms with E-state index in [1.54, 1.807) is 6.20 Å². The summed E-state index contributed by atoms with van der Waals surface area (Å²) in [6, 6.07) is 1.93. The van der Waals surface area contributed by atoms with Gasteiger partial charge < -0.3 is 5.11 Å². The molecular weight excluding hydrogens is 164 g/mol. The molecule has 13 heavy (non-hydrogen) atoms. The average molecular weight is 182 g/mol.